The van der Waals surface area contributed by atoms with Crippen molar-refractivity contribution in [2.75, 3.05) is 33.4 Å². The van der Waals surface area contributed by atoms with Crippen LogP contribution in [0.3, 0.4) is 0 Å². The van der Waals surface area contributed by atoms with E-state index in [2.05, 4.69) is 34.4 Å². The molecule has 0 amide bonds. The minimum atomic E-state index is 0.406. The molecule has 2 aromatic heterocycles. The van der Waals surface area contributed by atoms with E-state index in [0.29, 0.717) is 11.5 Å². The maximum absolute atomic E-state index is 5.66. The van der Waals surface area contributed by atoms with Gasteiger partial charge in [-0.2, -0.15) is 0 Å². The Morgan fingerprint density at radius 2 is 1.67 bits per heavy atom. The molecule has 0 unspecified atom stereocenters. The first-order valence-corrected chi connectivity index (χ1v) is 9.50. The third-order valence-corrected chi connectivity index (χ3v) is 4.33. The number of rotatable bonds is 4. The van der Waals surface area contributed by atoms with Gasteiger partial charge < -0.3 is 20.1 Å². The van der Waals surface area contributed by atoms with Crippen LogP contribution in [-0.2, 0) is 0 Å². The summed E-state index contributed by atoms with van der Waals surface area (Å²) < 4.78 is 10.5. The molecule has 27 heavy (non-hydrogen) atoms. The van der Waals surface area contributed by atoms with Gasteiger partial charge in [-0.05, 0) is 55.6 Å². The summed E-state index contributed by atoms with van der Waals surface area (Å²) in [6.07, 6.45) is 9.44. The Balaban J connectivity index is 0.000000180. The lowest BCUT2D eigenvalue weighted by atomic mass is 9.91. The highest BCUT2D eigenvalue weighted by Gasteiger charge is 2.30. The molecule has 2 fully saturated rings. The molecular formula is C21H32N4O2. The van der Waals surface area contributed by atoms with E-state index in [1.54, 1.807) is 31.9 Å². The quantitative estimate of drug-likeness (QED) is 0.860. The van der Waals surface area contributed by atoms with Crippen molar-refractivity contribution in [3.8, 4) is 11.5 Å². The number of nitrogens with one attached hydrogen (secondary N) is 2. The number of aromatic nitrogens is 2. The number of hydrogen-bond donors (Lipinski definition) is 2. The molecule has 4 rings (SSSR count). The molecule has 0 spiro atoms. The number of hydrogen-bond acceptors (Lipinski definition) is 6. The van der Waals surface area contributed by atoms with Crippen LogP contribution in [0.2, 0.25) is 0 Å². The van der Waals surface area contributed by atoms with Gasteiger partial charge in [0.1, 0.15) is 18.1 Å². The van der Waals surface area contributed by atoms with Crippen LogP contribution in [0.5, 0.6) is 11.5 Å². The number of nitrogens with zero attached hydrogens (tertiary/aromatic N) is 2. The zero-order chi connectivity index (χ0) is 19.4. The molecule has 2 aliphatic heterocycles. The van der Waals surface area contributed by atoms with Crippen LogP contribution < -0.4 is 20.1 Å². The Kier molecular flexibility index (Phi) is 9.01. The minimum absolute atomic E-state index is 0.406. The molecule has 0 aliphatic carbocycles. The monoisotopic (exact) mass is 372 g/mol. The molecular weight excluding hydrogens is 340 g/mol. The number of pyridine rings is 2. The van der Waals surface area contributed by atoms with Crippen molar-refractivity contribution in [2.45, 2.75) is 32.7 Å². The van der Waals surface area contributed by atoms with Crippen LogP contribution >= 0.6 is 0 Å². The first kappa shape index (κ1) is 21.1. The molecule has 6 nitrogen and oxygen atoms in total. The maximum Gasteiger partial charge on any atom is 0.137 e. The van der Waals surface area contributed by atoms with Crippen LogP contribution in [0.4, 0.5) is 0 Å². The van der Waals surface area contributed by atoms with E-state index in [4.69, 9.17) is 9.47 Å². The summed E-state index contributed by atoms with van der Waals surface area (Å²) in [4.78, 5) is 7.84. The van der Waals surface area contributed by atoms with Gasteiger partial charge in [0.2, 0.25) is 0 Å². The summed E-state index contributed by atoms with van der Waals surface area (Å²) in [5.41, 5.74) is 0.406. The van der Waals surface area contributed by atoms with E-state index in [0.717, 1.165) is 24.7 Å². The van der Waals surface area contributed by atoms with Gasteiger partial charge in [0.15, 0.2) is 0 Å². The summed E-state index contributed by atoms with van der Waals surface area (Å²) in [5, 5.41) is 6.58. The minimum Gasteiger partial charge on any atom is -0.495 e. The Morgan fingerprint density at radius 1 is 1.07 bits per heavy atom. The number of methoxy groups -OCH3 is 1. The Bertz CT molecular complexity index is 615. The van der Waals surface area contributed by atoms with E-state index >= 15 is 0 Å². The summed E-state index contributed by atoms with van der Waals surface area (Å²) in [6.45, 7) is 8.87. The van der Waals surface area contributed by atoms with Crippen molar-refractivity contribution in [2.24, 2.45) is 5.41 Å². The fourth-order valence-corrected chi connectivity index (χ4v) is 2.62. The molecule has 2 aliphatic rings. The number of ether oxygens (including phenoxy) is 2. The van der Waals surface area contributed by atoms with Crippen molar-refractivity contribution < 1.29 is 9.47 Å². The molecule has 148 valence electrons. The van der Waals surface area contributed by atoms with Crippen LogP contribution in [0.15, 0.2) is 49.1 Å². The maximum atomic E-state index is 5.66. The SMILES string of the molecule is C1CNC1.CC1(C)CN[C@H](COc2cccnc2)C1.COc1cccnc1. The topological polar surface area (TPSA) is 68.3 Å². The van der Waals surface area contributed by atoms with Crippen molar-refractivity contribution >= 4 is 0 Å². The summed E-state index contributed by atoms with van der Waals surface area (Å²) in [5.74, 6) is 1.65. The fraction of sp³-hybridized carbons (Fsp3) is 0.524. The molecule has 1 atom stereocenters. The van der Waals surface area contributed by atoms with Crippen LogP contribution in [0.25, 0.3) is 0 Å². The van der Waals surface area contributed by atoms with E-state index in [1.807, 2.05) is 24.3 Å². The molecule has 2 saturated heterocycles. The second-order valence-corrected chi connectivity index (χ2v) is 7.44. The van der Waals surface area contributed by atoms with Crippen LogP contribution in [0, 0.1) is 5.41 Å². The average Bonchev–Trinajstić information content (AvgIpc) is 3.00. The molecule has 0 bridgehead atoms. The highest BCUT2D eigenvalue weighted by molar-refractivity contribution is 5.15. The third kappa shape index (κ3) is 8.84. The van der Waals surface area contributed by atoms with E-state index in [1.165, 1.54) is 25.9 Å². The summed E-state index contributed by atoms with van der Waals surface area (Å²) >= 11 is 0. The Hall–Kier alpha value is -2.18. The summed E-state index contributed by atoms with van der Waals surface area (Å²) in [7, 11) is 1.62. The van der Waals surface area contributed by atoms with Crippen LogP contribution in [-0.4, -0.2) is 49.4 Å². The average molecular weight is 373 g/mol. The highest BCUT2D eigenvalue weighted by atomic mass is 16.5. The normalized spacial score (nSPS) is 19.4. The molecule has 2 N–H and O–H groups in total. The first-order valence-electron chi connectivity index (χ1n) is 9.50. The second-order valence-electron chi connectivity index (χ2n) is 7.44. The zero-order valence-electron chi connectivity index (χ0n) is 16.6. The van der Waals surface area contributed by atoms with E-state index < -0.39 is 0 Å². The third-order valence-electron chi connectivity index (χ3n) is 4.33. The van der Waals surface area contributed by atoms with Crippen molar-refractivity contribution in [3.05, 3.63) is 49.1 Å². The van der Waals surface area contributed by atoms with Gasteiger partial charge in [-0.3, -0.25) is 9.97 Å². The molecule has 0 aromatic carbocycles. The predicted octanol–water partition coefficient (Wildman–Crippen LogP) is 2.92. The molecule has 0 radical (unpaired) electrons. The van der Waals surface area contributed by atoms with Gasteiger partial charge in [-0.1, -0.05) is 13.8 Å². The molecule has 0 saturated carbocycles. The van der Waals surface area contributed by atoms with Gasteiger partial charge in [0.05, 0.1) is 19.5 Å². The molecule has 2 aromatic rings. The van der Waals surface area contributed by atoms with E-state index in [9.17, 15) is 0 Å². The zero-order valence-corrected chi connectivity index (χ0v) is 16.6. The Morgan fingerprint density at radius 3 is 2.04 bits per heavy atom. The smallest absolute Gasteiger partial charge is 0.137 e. The summed E-state index contributed by atoms with van der Waals surface area (Å²) in [6, 6.07) is 7.99. The fourth-order valence-electron chi connectivity index (χ4n) is 2.62. The van der Waals surface area contributed by atoms with Gasteiger partial charge in [0.25, 0.3) is 0 Å². The van der Waals surface area contributed by atoms with Crippen molar-refractivity contribution in [1.82, 2.24) is 20.6 Å². The first-order chi connectivity index (χ1) is 13.1. The van der Waals surface area contributed by atoms with Gasteiger partial charge in [-0.15, -0.1) is 0 Å². The molecule has 6 heteroatoms. The highest BCUT2D eigenvalue weighted by Crippen LogP contribution is 2.27. The van der Waals surface area contributed by atoms with Crippen molar-refractivity contribution in [3.63, 3.8) is 0 Å². The van der Waals surface area contributed by atoms with Gasteiger partial charge in [-0.25, -0.2) is 0 Å². The van der Waals surface area contributed by atoms with Crippen LogP contribution in [0.1, 0.15) is 26.7 Å². The largest absolute Gasteiger partial charge is 0.495 e. The van der Waals surface area contributed by atoms with Crippen molar-refractivity contribution in [1.29, 1.82) is 0 Å². The lowest BCUT2D eigenvalue weighted by Gasteiger charge is -2.15. The van der Waals surface area contributed by atoms with Gasteiger partial charge >= 0.3 is 0 Å². The Labute approximate surface area is 162 Å². The lowest BCUT2D eigenvalue weighted by Crippen LogP contribution is -2.29. The predicted molar refractivity (Wildman–Crippen MR) is 108 cm³/mol. The lowest BCUT2D eigenvalue weighted by molar-refractivity contribution is 0.267. The van der Waals surface area contributed by atoms with E-state index in [-0.39, 0.29) is 0 Å². The second kappa shape index (κ2) is 11.5. The van der Waals surface area contributed by atoms with Gasteiger partial charge in [0, 0.05) is 25.0 Å². The molecule has 4 heterocycles. The standard InChI is InChI=1S/C12H18N2O.C6H7NO.C3H7N/c1-12(2)6-10(14-9-12)8-15-11-4-3-5-13-7-11;1-8-6-3-2-4-7-5-6;1-2-4-3-1/h3-5,7,10,14H,6,8-9H2,1-2H3;2-5H,1H3;4H,1-3H2/t10-;;/m0../s1.